The van der Waals surface area contributed by atoms with Gasteiger partial charge < -0.3 is 9.84 Å². The predicted octanol–water partition coefficient (Wildman–Crippen LogP) is 3.46. The number of nitrogens with zero attached hydrogens (tertiary/aromatic N) is 1. The van der Waals surface area contributed by atoms with Crippen molar-refractivity contribution in [3.05, 3.63) is 16.1 Å². The number of hydrogen-bond donors (Lipinski definition) is 1. The Morgan fingerprint density at radius 2 is 2.12 bits per heavy atom. The summed E-state index contributed by atoms with van der Waals surface area (Å²) in [4.78, 5) is 4.50. The van der Waals surface area contributed by atoms with Gasteiger partial charge >= 0.3 is 0 Å². The average Bonchev–Trinajstić information content (AvgIpc) is 2.81. The van der Waals surface area contributed by atoms with Crippen LogP contribution in [-0.2, 0) is 4.74 Å². The van der Waals surface area contributed by atoms with E-state index in [4.69, 9.17) is 4.74 Å². The molecule has 0 aliphatic heterocycles. The Bertz CT molecular complexity index is 345. The Balaban J connectivity index is 2.10. The lowest BCUT2D eigenvalue weighted by molar-refractivity contribution is 0.0349. The molecule has 2 atom stereocenters. The first-order valence-corrected chi connectivity index (χ1v) is 7.26. The largest absolute Gasteiger partial charge is 0.387 e. The fourth-order valence-electron chi connectivity index (χ4n) is 2.56. The zero-order valence-electron chi connectivity index (χ0n) is 10.6. The van der Waals surface area contributed by atoms with Crippen LogP contribution in [0.1, 0.15) is 61.9 Å². The maximum absolute atomic E-state index is 9.51. The maximum atomic E-state index is 9.51. The monoisotopic (exact) mass is 255 g/mol. The number of aliphatic hydroxyl groups is 1. The van der Waals surface area contributed by atoms with Gasteiger partial charge in [-0.2, -0.15) is 0 Å². The van der Waals surface area contributed by atoms with Crippen LogP contribution >= 0.6 is 11.3 Å². The molecule has 1 aromatic heterocycles. The molecule has 0 bridgehead atoms. The van der Waals surface area contributed by atoms with Gasteiger partial charge in [-0.3, -0.25) is 0 Å². The van der Waals surface area contributed by atoms with Gasteiger partial charge in [0.1, 0.15) is 11.1 Å². The van der Waals surface area contributed by atoms with Crippen molar-refractivity contribution >= 4 is 11.3 Å². The zero-order chi connectivity index (χ0) is 12.3. The van der Waals surface area contributed by atoms with Crippen molar-refractivity contribution in [1.82, 2.24) is 4.98 Å². The van der Waals surface area contributed by atoms with Gasteiger partial charge in [0, 0.05) is 12.5 Å². The minimum Gasteiger partial charge on any atom is -0.387 e. The SMILES string of the molecule is COC(c1nc(C(C)O)cs1)C1CCCCC1. The van der Waals surface area contributed by atoms with E-state index in [1.165, 1.54) is 32.1 Å². The molecule has 1 aliphatic carbocycles. The molecule has 1 aromatic rings. The molecule has 2 unspecified atom stereocenters. The van der Waals surface area contributed by atoms with E-state index in [2.05, 4.69) is 4.98 Å². The highest BCUT2D eigenvalue weighted by Gasteiger charge is 2.27. The summed E-state index contributed by atoms with van der Waals surface area (Å²) in [6.07, 6.45) is 6.07. The van der Waals surface area contributed by atoms with Crippen molar-refractivity contribution in [2.45, 2.75) is 51.2 Å². The van der Waals surface area contributed by atoms with Gasteiger partial charge in [-0.25, -0.2) is 4.98 Å². The van der Waals surface area contributed by atoms with Gasteiger partial charge in [0.15, 0.2) is 0 Å². The molecule has 3 nitrogen and oxygen atoms in total. The van der Waals surface area contributed by atoms with E-state index in [1.54, 1.807) is 25.4 Å². The van der Waals surface area contributed by atoms with E-state index in [-0.39, 0.29) is 6.10 Å². The third-order valence-corrected chi connectivity index (χ3v) is 4.47. The Kier molecular flexibility index (Phi) is 4.54. The van der Waals surface area contributed by atoms with E-state index in [1.807, 2.05) is 5.38 Å². The number of hydrogen-bond acceptors (Lipinski definition) is 4. The molecule has 0 saturated heterocycles. The summed E-state index contributed by atoms with van der Waals surface area (Å²) in [6.45, 7) is 1.75. The second-order valence-corrected chi connectivity index (χ2v) is 5.73. The quantitative estimate of drug-likeness (QED) is 0.896. The zero-order valence-corrected chi connectivity index (χ0v) is 11.4. The van der Waals surface area contributed by atoms with E-state index in [0.717, 1.165) is 10.7 Å². The molecule has 96 valence electrons. The molecular formula is C13H21NO2S. The second kappa shape index (κ2) is 5.94. The molecule has 2 rings (SSSR count). The molecule has 4 heteroatoms. The Morgan fingerprint density at radius 3 is 2.65 bits per heavy atom. The number of thiazole rings is 1. The van der Waals surface area contributed by atoms with E-state index >= 15 is 0 Å². The molecule has 1 aliphatic rings. The Morgan fingerprint density at radius 1 is 1.41 bits per heavy atom. The lowest BCUT2D eigenvalue weighted by Gasteiger charge is -2.27. The summed E-state index contributed by atoms with van der Waals surface area (Å²) in [6, 6.07) is 0. The summed E-state index contributed by atoms with van der Waals surface area (Å²) < 4.78 is 5.64. The topological polar surface area (TPSA) is 42.4 Å². The van der Waals surface area contributed by atoms with Crippen LogP contribution in [0.4, 0.5) is 0 Å². The smallest absolute Gasteiger partial charge is 0.122 e. The van der Waals surface area contributed by atoms with Gasteiger partial charge in [-0.1, -0.05) is 19.3 Å². The van der Waals surface area contributed by atoms with Gasteiger partial charge in [-0.15, -0.1) is 11.3 Å². The lowest BCUT2D eigenvalue weighted by atomic mass is 9.85. The van der Waals surface area contributed by atoms with E-state index in [9.17, 15) is 5.11 Å². The van der Waals surface area contributed by atoms with Crippen LogP contribution in [0.2, 0.25) is 0 Å². The van der Waals surface area contributed by atoms with Crippen molar-refractivity contribution in [2.75, 3.05) is 7.11 Å². The number of aliphatic hydroxyl groups excluding tert-OH is 1. The molecule has 17 heavy (non-hydrogen) atoms. The van der Waals surface area contributed by atoms with Crippen molar-refractivity contribution in [1.29, 1.82) is 0 Å². The van der Waals surface area contributed by atoms with Crippen molar-refractivity contribution in [2.24, 2.45) is 5.92 Å². The second-order valence-electron chi connectivity index (χ2n) is 4.84. The molecular weight excluding hydrogens is 234 g/mol. The summed E-state index contributed by atoms with van der Waals surface area (Å²) >= 11 is 1.61. The summed E-state index contributed by atoms with van der Waals surface area (Å²) in [7, 11) is 1.77. The molecule has 0 aromatic carbocycles. The van der Waals surface area contributed by atoms with Gasteiger partial charge in [0.05, 0.1) is 11.8 Å². The maximum Gasteiger partial charge on any atom is 0.122 e. The fraction of sp³-hybridized carbons (Fsp3) is 0.769. The molecule has 0 radical (unpaired) electrons. The molecule has 1 N–H and O–H groups in total. The van der Waals surface area contributed by atoms with E-state index in [0.29, 0.717) is 5.92 Å². The van der Waals surface area contributed by atoms with Crippen LogP contribution < -0.4 is 0 Å². The van der Waals surface area contributed by atoms with Crippen LogP contribution in [0, 0.1) is 5.92 Å². The minimum atomic E-state index is -0.483. The Hall–Kier alpha value is -0.450. The average molecular weight is 255 g/mol. The Labute approximate surface area is 107 Å². The van der Waals surface area contributed by atoms with Gasteiger partial charge in [0.2, 0.25) is 0 Å². The standard InChI is InChI=1S/C13H21NO2S/c1-9(15)11-8-17-13(14-11)12(16-2)10-6-4-3-5-7-10/h8-10,12,15H,3-7H2,1-2H3. The van der Waals surface area contributed by atoms with Crippen molar-refractivity contribution < 1.29 is 9.84 Å². The third kappa shape index (κ3) is 3.06. The van der Waals surface area contributed by atoms with Crippen LogP contribution in [0.5, 0.6) is 0 Å². The third-order valence-electron chi connectivity index (χ3n) is 3.54. The van der Waals surface area contributed by atoms with Crippen molar-refractivity contribution in [3.8, 4) is 0 Å². The first-order valence-electron chi connectivity index (χ1n) is 6.38. The highest BCUT2D eigenvalue weighted by atomic mass is 32.1. The van der Waals surface area contributed by atoms with E-state index < -0.39 is 6.10 Å². The highest BCUT2D eigenvalue weighted by molar-refractivity contribution is 7.09. The minimum absolute atomic E-state index is 0.118. The van der Waals surface area contributed by atoms with Gasteiger partial charge in [-0.05, 0) is 25.7 Å². The molecule has 1 heterocycles. The number of rotatable bonds is 4. The summed E-state index contributed by atoms with van der Waals surface area (Å²) in [5.41, 5.74) is 0.767. The number of aromatic nitrogens is 1. The fourth-order valence-corrected chi connectivity index (χ4v) is 3.63. The van der Waals surface area contributed by atoms with Crippen molar-refractivity contribution in [3.63, 3.8) is 0 Å². The molecule has 0 amide bonds. The number of methoxy groups -OCH3 is 1. The van der Waals surface area contributed by atoms with Crippen LogP contribution in [0.3, 0.4) is 0 Å². The highest BCUT2D eigenvalue weighted by Crippen LogP contribution is 2.37. The lowest BCUT2D eigenvalue weighted by Crippen LogP contribution is -2.18. The normalized spacial score (nSPS) is 21.4. The molecule has 1 saturated carbocycles. The van der Waals surface area contributed by atoms with Crippen LogP contribution in [0.25, 0.3) is 0 Å². The van der Waals surface area contributed by atoms with Crippen LogP contribution in [0.15, 0.2) is 5.38 Å². The summed E-state index contributed by atoms with van der Waals surface area (Å²) in [5.74, 6) is 0.599. The van der Waals surface area contributed by atoms with Crippen LogP contribution in [-0.4, -0.2) is 17.2 Å². The molecule has 0 spiro atoms. The summed E-state index contributed by atoms with van der Waals surface area (Å²) in [5, 5.41) is 12.5. The first kappa shape index (κ1) is 13.0. The molecule has 1 fully saturated rings. The number of ether oxygens (including phenoxy) is 1. The first-order chi connectivity index (χ1) is 8.22. The predicted molar refractivity (Wildman–Crippen MR) is 69.1 cm³/mol. The van der Waals surface area contributed by atoms with Gasteiger partial charge in [0.25, 0.3) is 0 Å².